The lowest BCUT2D eigenvalue weighted by Gasteiger charge is -2.22. The van der Waals surface area contributed by atoms with Crippen LogP contribution in [0.15, 0.2) is 34.9 Å². The summed E-state index contributed by atoms with van der Waals surface area (Å²) < 4.78 is 5.38. The summed E-state index contributed by atoms with van der Waals surface area (Å²) in [7, 11) is 0. The van der Waals surface area contributed by atoms with Crippen molar-refractivity contribution in [2.75, 3.05) is 13.1 Å². The molecule has 4 nitrogen and oxygen atoms in total. The fourth-order valence-electron chi connectivity index (χ4n) is 2.21. The molecular weight excluding hydrogens is 238 g/mol. The van der Waals surface area contributed by atoms with E-state index in [2.05, 4.69) is 47.9 Å². The molecule has 1 atom stereocenters. The Morgan fingerprint density at radius 1 is 1.16 bits per heavy atom. The molecule has 4 heteroatoms. The molecule has 102 valence electrons. The van der Waals surface area contributed by atoms with E-state index in [1.807, 2.05) is 18.2 Å². The van der Waals surface area contributed by atoms with E-state index in [1.54, 1.807) is 0 Å². The summed E-state index contributed by atoms with van der Waals surface area (Å²) in [5.74, 6) is 1.45. The number of nitrogens with zero attached hydrogens (tertiary/aromatic N) is 3. The van der Waals surface area contributed by atoms with Gasteiger partial charge in [-0.3, -0.25) is 4.90 Å². The van der Waals surface area contributed by atoms with E-state index in [4.69, 9.17) is 4.52 Å². The van der Waals surface area contributed by atoms with Crippen LogP contribution in [0.25, 0.3) is 0 Å². The van der Waals surface area contributed by atoms with Crippen LogP contribution in [0.3, 0.4) is 0 Å². The molecule has 0 aliphatic rings. The molecular formula is C15H21N3O. The van der Waals surface area contributed by atoms with Gasteiger partial charge in [-0.25, -0.2) is 0 Å². The molecule has 0 amide bonds. The van der Waals surface area contributed by atoms with E-state index in [9.17, 15) is 0 Å². The zero-order valence-electron chi connectivity index (χ0n) is 11.8. The molecule has 0 radical (unpaired) electrons. The molecule has 0 aliphatic carbocycles. The average Bonchev–Trinajstić information content (AvgIpc) is 2.89. The summed E-state index contributed by atoms with van der Waals surface area (Å²) in [6.07, 6.45) is 0.718. The van der Waals surface area contributed by atoms with Crippen molar-refractivity contribution in [2.45, 2.75) is 33.2 Å². The van der Waals surface area contributed by atoms with Gasteiger partial charge in [0.15, 0.2) is 5.82 Å². The summed E-state index contributed by atoms with van der Waals surface area (Å²) in [5, 5.41) is 4.07. The van der Waals surface area contributed by atoms with Gasteiger partial charge >= 0.3 is 0 Å². The highest BCUT2D eigenvalue weighted by Crippen LogP contribution is 2.18. The third kappa shape index (κ3) is 3.41. The van der Waals surface area contributed by atoms with Crippen molar-refractivity contribution < 1.29 is 4.52 Å². The molecule has 2 aromatic rings. The molecule has 19 heavy (non-hydrogen) atoms. The van der Waals surface area contributed by atoms with Crippen LogP contribution in [0.4, 0.5) is 0 Å². The lowest BCUT2D eigenvalue weighted by atomic mass is 10.1. The van der Waals surface area contributed by atoms with E-state index < -0.39 is 0 Å². The fourth-order valence-corrected chi connectivity index (χ4v) is 2.21. The molecule has 1 unspecified atom stereocenters. The molecule has 0 N–H and O–H groups in total. The molecule has 2 rings (SSSR count). The van der Waals surface area contributed by atoms with Gasteiger partial charge in [-0.15, -0.1) is 0 Å². The predicted molar refractivity (Wildman–Crippen MR) is 74.9 cm³/mol. The zero-order valence-corrected chi connectivity index (χ0v) is 11.8. The highest BCUT2D eigenvalue weighted by atomic mass is 16.5. The van der Waals surface area contributed by atoms with E-state index in [1.165, 1.54) is 5.56 Å². The molecule has 1 heterocycles. The third-order valence-corrected chi connectivity index (χ3v) is 3.41. The van der Waals surface area contributed by atoms with Crippen molar-refractivity contribution in [3.63, 3.8) is 0 Å². The van der Waals surface area contributed by atoms with Crippen LogP contribution in [0.2, 0.25) is 0 Å². The van der Waals surface area contributed by atoms with Crippen LogP contribution in [0, 0.1) is 0 Å². The molecule has 1 aromatic heterocycles. The summed E-state index contributed by atoms with van der Waals surface area (Å²) in [5.41, 5.74) is 1.20. The molecule has 0 aliphatic heterocycles. The minimum absolute atomic E-state index is 0.173. The van der Waals surface area contributed by atoms with Crippen LogP contribution in [0.5, 0.6) is 0 Å². The van der Waals surface area contributed by atoms with Crippen molar-refractivity contribution in [3.8, 4) is 0 Å². The van der Waals surface area contributed by atoms with Crippen LogP contribution < -0.4 is 0 Å². The van der Waals surface area contributed by atoms with E-state index in [-0.39, 0.29) is 6.04 Å². The number of hydrogen-bond donors (Lipinski definition) is 0. The molecule has 0 spiro atoms. The number of hydrogen-bond acceptors (Lipinski definition) is 4. The first-order valence-electron chi connectivity index (χ1n) is 6.85. The Morgan fingerprint density at radius 3 is 2.47 bits per heavy atom. The SMILES string of the molecule is CCN(CC)C(C)c1nc(Cc2ccccc2)no1. The average molecular weight is 259 g/mol. The maximum Gasteiger partial charge on any atom is 0.243 e. The molecule has 0 fully saturated rings. The van der Waals surface area contributed by atoms with Crippen molar-refractivity contribution in [1.29, 1.82) is 0 Å². The summed E-state index contributed by atoms with van der Waals surface area (Å²) >= 11 is 0. The smallest absolute Gasteiger partial charge is 0.243 e. The van der Waals surface area contributed by atoms with Crippen molar-refractivity contribution >= 4 is 0 Å². The molecule has 1 aromatic carbocycles. The van der Waals surface area contributed by atoms with Crippen LogP contribution in [0.1, 0.15) is 44.1 Å². The lowest BCUT2D eigenvalue weighted by molar-refractivity contribution is 0.189. The second-order valence-corrected chi connectivity index (χ2v) is 4.61. The van der Waals surface area contributed by atoms with Gasteiger partial charge in [0, 0.05) is 6.42 Å². The van der Waals surface area contributed by atoms with Crippen LogP contribution in [-0.2, 0) is 6.42 Å². The Morgan fingerprint density at radius 2 is 1.84 bits per heavy atom. The molecule has 0 bridgehead atoms. The summed E-state index contributed by atoms with van der Waals surface area (Å²) in [4.78, 5) is 6.79. The fraction of sp³-hybridized carbons (Fsp3) is 0.467. The number of aromatic nitrogens is 2. The minimum atomic E-state index is 0.173. The topological polar surface area (TPSA) is 42.2 Å². The van der Waals surface area contributed by atoms with Gasteiger partial charge < -0.3 is 4.52 Å². The van der Waals surface area contributed by atoms with Crippen LogP contribution >= 0.6 is 0 Å². The largest absolute Gasteiger partial charge is 0.338 e. The van der Waals surface area contributed by atoms with Gasteiger partial charge in [0.05, 0.1) is 6.04 Å². The Hall–Kier alpha value is -1.68. The Kier molecular flexibility index (Phi) is 4.68. The maximum absolute atomic E-state index is 5.38. The van der Waals surface area contributed by atoms with Gasteiger partial charge in [-0.2, -0.15) is 4.98 Å². The molecule has 0 saturated carbocycles. The van der Waals surface area contributed by atoms with Crippen molar-refractivity contribution in [1.82, 2.24) is 15.0 Å². The first-order valence-corrected chi connectivity index (χ1v) is 6.85. The zero-order chi connectivity index (χ0) is 13.7. The second-order valence-electron chi connectivity index (χ2n) is 4.61. The predicted octanol–water partition coefficient (Wildman–Crippen LogP) is 3.06. The lowest BCUT2D eigenvalue weighted by Crippen LogP contribution is -2.26. The first-order chi connectivity index (χ1) is 9.24. The highest BCUT2D eigenvalue weighted by molar-refractivity contribution is 5.18. The van der Waals surface area contributed by atoms with E-state index in [0.29, 0.717) is 5.89 Å². The molecule has 0 saturated heterocycles. The number of benzene rings is 1. The van der Waals surface area contributed by atoms with Gasteiger partial charge in [0.1, 0.15) is 0 Å². The van der Waals surface area contributed by atoms with Crippen LogP contribution in [-0.4, -0.2) is 28.1 Å². The Bertz CT molecular complexity index is 491. The summed E-state index contributed by atoms with van der Waals surface area (Å²) in [6.45, 7) is 8.34. The number of rotatable bonds is 6. The van der Waals surface area contributed by atoms with Gasteiger partial charge in [0.25, 0.3) is 0 Å². The van der Waals surface area contributed by atoms with Crippen molar-refractivity contribution in [2.24, 2.45) is 0 Å². The van der Waals surface area contributed by atoms with Gasteiger partial charge in [-0.05, 0) is 25.6 Å². The van der Waals surface area contributed by atoms with Crippen molar-refractivity contribution in [3.05, 3.63) is 47.6 Å². The summed E-state index contributed by atoms with van der Waals surface area (Å²) in [6, 6.07) is 10.4. The normalized spacial score (nSPS) is 12.8. The minimum Gasteiger partial charge on any atom is -0.338 e. The standard InChI is InChI=1S/C15H21N3O/c1-4-18(5-2)12(3)15-16-14(17-19-15)11-13-9-7-6-8-10-13/h6-10,12H,4-5,11H2,1-3H3. The van der Waals surface area contributed by atoms with Gasteiger partial charge in [-0.1, -0.05) is 49.3 Å². The third-order valence-electron chi connectivity index (χ3n) is 3.41. The van der Waals surface area contributed by atoms with E-state index >= 15 is 0 Å². The highest BCUT2D eigenvalue weighted by Gasteiger charge is 2.19. The second kappa shape index (κ2) is 6.48. The van der Waals surface area contributed by atoms with Gasteiger partial charge in [0.2, 0.25) is 5.89 Å². The maximum atomic E-state index is 5.38. The first kappa shape index (κ1) is 13.7. The monoisotopic (exact) mass is 259 g/mol. The quantitative estimate of drug-likeness (QED) is 0.799. The van der Waals surface area contributed by atoms with E-state index in [0.717, 1.165) is 25.3 Å². The Balaban J connectivity index is 2.06. The Labute approximate surface area is 114 Å².